The molecule has 1 aromatic rings. The van der Waals surface area contributed by atoms with Crippen LogP contribution in [0.3, 0.4) is 0 Å². The molecule has 0 unspecified atom stereocenters. The topological polar surface area (TPSA) is 97.7 Å². The Morgan fingerprint density at radius 2 is 1.75 bits per heavy atom. The number of aliphatic hydroxyl groups is 1. The van der Waals surface area contributed by atoms with Gasteiger partial charge in [-0.25, -0.2) is 4.39 Å². The lowest BCUT2D eigenvalue weighted by Gasteiger charge is -2.29. The average molecular weight is 390 g/mol. The number of nitrogens with zero attached hydrogens (tertiary/aromatic N) is 1. The Bertz CT molecular complexity index is 792. The fourth-order valence-corrected chi connectivity index (χ4v) is 3.24. The van der Waals surface area contributed by atoms with Crippen molar-refractivity contribution in [3.8, 4) is 0 Å². The number of carbonyl (C=O) groups is 3. The van der Waals surface area contributed by atoms with Gasteiger partial charge >= 0.3 is 0 Å². The number of hydrogen-bond donors (Lipinski definition) is 1. The Balaban J connectivity index is 2.31. The van der Waals surface area contributed by atoms with Gasteiger partial charge < -0.3 is 19.9 Å². The zero-order chi connectivity index (χ0) is 21.1. The fraction of sp³-hybridized carbons (Fsp3) is 0.476. The predicted octanol–water partition coefficient (Wildman–Crippen LogP) is 2.45. The van der Waals surface area contributed by atoms with E-state index >= 15 is 0 Å². The number of aliphatic carboxylic acids is 1. The number of benzene rings is 1. The highest BCUT2D eigenvalue weighted by Gasteiger charge is 2.45. The molecule has 0 saturated carbocycles. The molecule has 6 nitrogen and oxygen atoms in total. The highest BCUT2D eigenvalue weighted by Crippen LogP contribution is 2.41. The number of amides is 1. The van der Waals surface area contributed by atoms with Crippen LogP contribution in [0.25, 0.3) is 0 Å². The highest BCUT2D eigenvalue weighted by molar-refractivity contribution is 6.10. The average Bonchev–Trinajstić information content (AvgIpc) is 2.85. The van der Waals surface area contributed by atoms with Gasteiger partial charge in [-0.1, -0.05) is 39.3 Å². The van der Waals surface area contributed by atoms with Crippen LogP contribution in [-0.2, 0) is 14.4 Å². The first-order valence-corrected chi connectivity index (χ1v) is 9.28. The van der Waals surface area contributed by atoms with Crippen molar-refractivity contribution in [2.75, 3.05) is 6.54 Å². The van der Waals surface area contributed by atoms with Gasteiger partial charge in [0.1, 0.15) is 5.82 Å². The van der Waals surface area contributed by atoms with Crippen molar-refractivity contribution in [1.82, 2.24) is 4.90 Å². The maximum absolute atomic E-state index is 13.4. The van der Waals surface area contributed by atoms with E-state index in [1.807, 2.05) is 0 Å². The smallest absolute Gasteiger partial charge is 0.290 e. The minimum atomic E-state index is -1.13. The second kappa shape index (κ2) is 8.54. The Morgan fingerprint density at radius 1 is 1.14 bits per heavy atom. The van der Waals surface area contributed by atoms with Crippen LogP contribution in [0.2, 0.25) is 0 Å². The molecule has 1 heterocycles. The van der Waals surface area contributed by atoms with E-state index in [4.69, 9.17) is 0 Å². The second-order valence-corrected chi connectivity index (χ2v) is 7.98. The highest BCUT2D eigenvalue weighted by atomic mass is 19.1. The number of carbonyl (C=O) groups excluding carboxylic acids is 3. The third kappa shape index (κ3) is 4.77. The van der Waals surface area contributed by atoms with Crippen LogP contribution < -0.4 is 5.11 Å². The first-order valence-electron chi connectivity index (χ1n) is 9.28. The summed E-state index contributed by atoms with van der Waals surface area (Å²) in [5, 5.41) is 20.9. The summed E-state index contributed by atoms with van der Waals surface area (Å²) in [5.74, 6) is -3.16. The van der Waals surface area contributed by atoms with Crippen molar-refractivity contribution < 1.29 is 29.0 Å². The van der Waals surface area contributed by atoms with E-state index in [2.05, 4.69) is 0 Å². The van der Waals surface area contributed by atoms with Crippen LogP contribution in [0.5, 0.6) is 0 Å². The largest absolute Gasteiger partial charge is 0.550 e. The monoisotopic (exact) mass is 390 g/mol. The minimum Gasteiger partial charge on any atom is -0.550 e. The number of rotatable bonds is 8. The lowest BCUT2D eigenvalue weighted by molar-refractivity contribution is -0.305. The van der Waals surface area contributed by atoms with E-state index in [1.54, 1.807) is 20.8 Å². The van der Waals surface area contributed by atoms with Gasteiger partial charge in [0.05, 0.1) is 11.6 Å². The molecule has 0 spiro atoms. The van der Waals surface area contributed by atoms with Crippen molar-refractivity contribution in [1.29, 1.82) is 0 Å². The molecule has 0 aromatic heterocycles. The van der Waals surface area contributed by atoms with Gasteiger partial charge in [-0.2, -0.15) is 0 Å². The molecule has 0 bridgehead atoms. The SMILES string of the molecule is CC(C)(C)C(=O)C1=C(O)C(=O)N(CCCCCC(=O)[O-])[C@H]1c1ccc(F)cc1. The number of aliphatic hydroxyl groups excluding tert-OH is 1. The molecule has 0 fully saturated rings. The van der Waals surface area contributed by atoms with Crippen LogP contribution in [0, 0.1) is 11.2 Å². The van der Waals surface area contributed by atoms with Gasteiger partial charge in [-0.05, 0) is 37.0 Å². The number of ketones is 1. The Hall–Kier alpha value is -2.70. The molecule has 0 aliphatic carbocycles. The van der Waals surface area contributed by atoms with E-state index < -0.39 is 34.9 Å². The zero-order valence-electron chi connectivity index (χ0n) is 16.3. The van der Waals surface area contributed by atoms with Crippen molar-refractivity contribution >= 4 is 17.7 Å². The second-order valence-electron chi connectivity index (χ2n) is 7.98. The molecule has 0 radical (unpaired) electrons. The molecule has 28 heavy (non-hydrogen) atoms. The molecule has 1 aromatic carbocycles. The first kappa shape index (κ1) is 21.6. The summed E-state index contributed by atoms with van der Waals surface area (Å²) in [4.78, 5) is 37.5. The number of carboxylic acids is 1. The number of unbranched alkanes of at least 4 members (excludes halogenated alkanes) is 2. The third-order valence-electron chi connectivity index (χ3n) is 4.70. The lowest BCUT2D eigenvalue weighted by atomic mass is 9.82. The summed E-state index contributed by atoms with van der Waals surface area (Å²) >= 11 is 0. The molecule has 2 rings (SSSR count). The van der Waals surface area contributed by atoms with E-state index in [-0.39, 0.29) is 24.3 Å². The van der Waals surface area contributed by atoms with Gasteiger partial charge in [0.25, 0.3) is 5.91 Å². The number of halogens is 1. The molecule has 0 saturated heterocycles. The molecule has 7 heteroatoms. The summed E-state index contributed by atoms with van der Waals surface area (Å²) in [7, 11) is 0. The third-order valence-corrected chi connectivity index (χ3v) is 4.70. The number of hydrogen-bond acceptors (Lipinski definition) is 5. The molecule has 1 N–H and O–H groups in total. The van der Waals surface area contributed by atoms with Crippen molar-refractivity contribution in [3.63, 3.8) is 0 Å². The molecular weight excluding hydrogens is 365 g/mol. The molecule has 1 amide bonds. The van der Waals surface area contributed by atoms with E-state index in [9.17, 15) is 29.0 Å². The summed E-state index contributed by atoms with van der Waals surface area (Å²) in [6.07, 6.45) is 1.41. The summed E-state index contributed by atoms with van der Waals surface area (Å²) in [5.41, 5.74) is -0.271. The predicted molar refractivity (Wildman–Crippen MR) is 98.4 cm³/mol. The van der Waals surface area contributed by atoms with Crippen LogP contribution in [0.15, 0.2) is 35.6 Å². The first-order chi connectivity index (χ1) is 13.0. The van der Waals surface area contributed by atoms with Gasteiger partial charge in [-0.15, -0.1) is 0 Å². The van der Waals surface area contributed by atoms with Crippen molar-refractivity contribution in [2.45, 2.75) is 52.5 Å². The fourth-order valence-electron chi connectivity index (χ4n) is 3.24. The van der Waals surface area contributed by atoms with E-state index in [0.29, 0.717) is 24.8 Å². The molecule has 1 atom stereocenters. The van der Waals surface area contributed by atoms with Crippen LogP contribution in [0.1, 0.15) is 58.1 Å². The molecule has 1 aliphatic rings. The Kier molecular flexibility index (Phi) is 6.59. The number of carboxylic acid groups (broad SMARTS) is 1. The maximum Gasteiger partial charge on any atom is 0.290 e. The lowest BCUT2D eigenvalue weighted by Crippen LogP contribution is -2.33. The minimum absolute atomic E-state index is 0.0128. The van der Waals surface area contributed by atoms with Gasteiger partial charge in [0, 0.05) is 17.9 Å². The summed E-state index contributed by atoms with van der Waals surface area (Å²) in [6, 6.07) is 4.66. The standard InChI is InChI=1S/C21H26FNO5/c1-21(2,3)19(27)16-17(13-8-10-14(22)11-9-13)23(20(28)18(16)26)12-6-4-5-7-15(24)25/h8-11,17,26H,4-7,12H2,1-3H3,(H,24,25)/p-1/t17-/m0/s1. The van der Waals surface area contributed by atoms with Crippen LogP contribution >= 0.6 is 0 Å². The summed E-state index contributed by atoms with van der Waals surface area (Å²) in [6.45, 7) is 5.33. The molecule has 1 aliphatic heterocycles. The number of Topliss-reactive ketones (excluding diaryl/α,β-unsaturated/α-hetero) is 1. The molecule has 152 valence electrons. The van der Waals surface area contributed by atoms with Crippen LogP contribution in [-0.4, -0.2) is 34.2 Å². The Morgan fingerprint density at radius 3 is 2.29 bits per heavy atom. The van der Waals surface area contributed by atoms with Gasteiger partial charge in [0.2, 0.25) is 0 Å². The molecular formula is C21H25FNO5-. The van der Waals surface area contributed by atoms with Gasteiger partial charge in [0.15, 0.2) is 11.5 Å². The Labute approximate surface area is 163 Å². The van der Waals surface area contributed by atoms with Gasteiger partial charge in [-0.3, -0.25) is 9.59 Å². The normalized spacial score (nSPS) is 17.4. The van der Waals surface area contributed by atoms with Crippen molar-refractivity contribution in [2.24, 2.45) is 5.41 Å². The van der Waals surface area contributed by atoms with E-state index in [0.717, 1.165) is 0 Å². The maximum atomic E-state index is 13.4. The van der Waals surface area contributed by atoms with Crippen LogP contribution in [0.4, 0.5) is 4.39 Å². The summed E-state index contributed by atoms with van der Waals surface area (Å²) < 4.78 is 13.4. The quantitative estimate of drug-likeness (QED) is 0.688. The van der Waals surface area contributed by atoms with Crippen molar-refractivity contribution in [3.05, 3.63) is 47.0 Å². The van der Waals surface area contributed by atoms with E-state index in [1.165, 1.54) is 29.2 Å². The zero-order valence-corrected chi connectivity index (χ0v) is 16.3.